The third kappa shape index (κ3) is 21.1. The number of carboxylic acid groups (broad SMARTS) is 1. The number of amides is 5. The lowest BCUT2D eigenvalue weighted by atomic mass is 9.97. The average molecular weight is 806 g/mol. The zero-order chi connectivity index (χ0) is 42.7. The van der Waals surface area contributed by atoms with Gasteiger partial charge in [0.2, 0.25) is 29.5 Å². The molecule has 12 heteroatoms. The molecule has 0 bridgehead atoms. The van der Waals surface area contributed by atoms with Gasteiger partial charge in [-0.2, -0.15) is 0 Å². The molecule has 0 aliphatic carbocycles. The molecule has 0 aromatic heterocycles. The van der Waals surface area contributed by atoms with Crippen molar-refractivity contribution in [1.82, 2.24) is 21.3 Å². The van der Waals surface area contributed by atoms with Gasteiger partial charge in [-0.05, 0) is 42.2 Å². The van der Waals surface area contributed by atoms with Crippen molar-refractivity contribution < 1.29 is 33.9 Å². The quantitative estimate of drug-likeness (QED) is 0.0466. The highest BCUT2D eigenvalue weighted by molar-refractivity contribution is 5.92. The number of rotatable bonds is 31. The van der Waals surface area contributed by atoms with E-state index in [1.54, 1.807) is 0 Å². The van der Waals surface area contributed by atoms with Crippen molar-refractivity contribution in [3.63, 3.8) is 0 Å². The normalized spacial score (nSPS) is 13.7. The molecule has 58 heavy (non-hydrogen) atoms. The Morgan fingerprint density at radius 1 is 0.552 bits per heavy atom. The molecule has 2 rings (SSSR count). The molecule has 2 aromatic carbocycles. The summed E-state index contributed by atoms with van der Waals surface area (Å²) in [6.45, 7) is 7.79. The number of nitrogens with two attached hydrogens (primary N) is 1. The van der Waals surface area contributed by atoms with E-state index in [0.29, 0.717) is 25.7 Å². The van der Waals surface area contributed by atoms with Crippen LogP contribution < -0.4 is 27.0 Å². The number of benzene rings is 2. The van der Waals surface area contributed by atoms with Gasteiger partial charge in [0.1, 0.15) is 24.2 Å². The molecule has 322 valence electrons. The fraction of sp³-hybridized carbons (Fsp3) is 0.609. The summed E-state index contributed by atoms with van der Waals surface area (Å²) in [6, 6.07) is 15.0. The number of hydrogen-bond acceptors (Lipinski definition) is 6. The van der Waals surface area contributed by atoms with Crippen LogP contribution in [0.4, 0.5) is 0 Å². The van der Waals surface area contributed by atoms with Gasteiger partial charge >= 0.3 is 5.97 Å². The lowest BCUT2D eigenvalue weighted by molar-refractivity contribution is -0.142. The largest absolute Gasteiger partial charge is 0.480 e. The molecular formula is C46H71N5O7. The number of unbranched alkanes of at least 4 members (excludes halogenated alkanes) is 11. The van der Waals surface area contributed by atoms with Crippen LogP contribution in [0, 0.1) is 11.8 Å². The zero-order valence-corrected chi connectivity index (χ0v) is 35.4. The van der Waals surface area contributed by atoms with Gasteiger partial charge < -0.3 is 32.1 Å². The Balaban J connectivity index is 1.56. The molecule has 0 fully saturated rings. The Morgan fingerprint density at radius 3 is 1.38 bits per heavy atom. The Labute approximate surface area is 346 Å². The van der Waals surface area contributed by atoms with Crippen LogP contribution in [0.5, 0.6) is 0 Å². The van der Waals surface area contributed by atoms with Crippen LogP contribution in [0.1, 0.15) is 142 Å². The first kappa shape index (κ1) is 49.4. The van der Waals surface area contributed by atoms with E-state index in [0.717, 1.165) is 81.8 Å². The van der Waals surface area contributed by atoms with Gasteiger partial charge in [-0.3, -0.25) is 24.0 Å². The second-order valence-corrected chi connectivity index (χ2v) is 16.2. The van der Waals surface area contributed by atoms with Gasteiger partial charge in [-0.25, -0.2) is 4.79 Å². The first-order chi connectivity index (χ1) is 27.8. The SMILES string of the molecule is CC[C@H](C)[C@H](NC(=O)CCCCCCCCCCCCCCC(=O)N[C@@H](CC(C)C)C(=O)N[C@@H](Cc1ccccc1)C(=O)O)C(=O)N[C@@H](Cc1ccccc1)C(N)=O. The molecule has 0 spiro atoms. The van der Waals surface area contributed by atoms with Crippen molar-refractivity contribution in [2.75, 3.05) is 0 Å². The fourth-order valence-corrected chi connectivity index (χ4v) is 6.91. The van der Waals surface area contributed by atoms with Crippen LogP contribution in [0.25, 0.3) is 0 Å². The van der Waals surface area contributed by atoms with Crippen molar-refractivity contribution in [1.29, 1.82) is 0 Å². The average Bonchev–Trinajstić information content (AvgIpc) is 3.19. The van der Waals surface area contributed by atoms with E-state index < -0.39 is 47.9 Å². The molecule has 12 nitrogen and oxygen atoms in total. The lowest BCUT2D eigenvalue weighted by Gasteiger charge is -2.26. The molecule has 0 aliphatic heterocycles. The van der Waals surface area contributed by atoms with Crippen LogP contribution >= 0.6 is 0 Å². The summed E-state index contributed by atoms with van der Waals surface area (Å²) in [5, 5.41) is 20.8. The first-order valence-electron chi connectivity index (χ1n) is 21.6. The lowest BCUT2D eigenvalue weighted by Crippen LogP contribution is -2.55. The topological polar surface area (TPSA) is 197 Å². The molecule has 5 atom stereocenters. The van der Waals surface area contributed by atoms with Crippen molar-refractivity contribution in [2.24, 2.45) is 17.6 Å². The first-order valence-corrected chi connectivity index (χ1v) is 21.6. The minimum absolute atomic E-state index is 0.108. The van der Waals surface area contributed by atoms with Crippen LogP contribution in [0.3, 0.4) is 0 Å². The van der Waals surface area contributed by atoms with Gasteiger partial charge in [0.15, 0.2) is 0 Å². The highest BCUT2D eigenvalue weighted by Gasteiger charge is 2.30. The van der Waals surface area contributed by atoms with E-state index >= 15 is 0 Å². The second kappa shape index (κ2) is 28.6. The summed E-state index contributed by atoms with van der Waals surface area (Å²) < 4.78 is 0. The monoisotopic (exact) mass is 806 g/mol. The zero-order valence-electron chi connectivity index (χ0n) is 35.4. The maximum atomic E-state index is 13.2. The van der Waals surface area contributed by atoms with E-state index in [1.165, 1.54) is 6.42 Å². The molecule has 0 unspecified atom stereocenters. The summed E-state index contributed by atoms with van der Waals surface area (Å²) in [6.07, 6.45) is 14.6. The third-order valence-electron chi connectivity index (χ3n) is 10.6. The van der Waals surface area contributed by atoms with E-state index in [4.69, 9.17) is 5.73 Å². The highest BCUT2D eigenvalue weighted by Crippen LogP contribution is 2.15. The van der Waals surface area contributed by atoms with Gasteiger partial charge in [0.25, 0.3) is 0 Å². The van der Waals surface area contributed by atoms with Crippen molar-refractivity contribution in [2.45, 2.75) is 167 Å². The number of carboxylic acids is 1. The highest BCUT2D eigenvalue weighted by atomic mass is 16.4. The summed E-state index contributed by atoms with van der Waals surface area (Å²) in [5.41, 5.74) is 7.29. The van der Waals surface area contributed by atoms with Crippen molar-refractivity contribution in [3.8, 4) is 0 Å². The minimum atomic E-state index is -1.11. The van der Waals surface area contributed by atoms with Crippen LogP contribution in [0.15, 0.2) is 60.7 Å². The van der Waals surface area contributed by atoms with E-state index in [1.807, 2.05) is 88.4 Å². The standard InChI is InChI=1S/C46H71N5O7/c1-5-34(4)42(45(56)49-37(43(47)54)31-35-24-18-16-19-25-35)51-41(53)29-23-15-13-11-9-7-6-8-10-12-14-22-28-40(52)48-38(30-33(2)3)44(55)50-39(46(57)58)32-36-26-20-17-21-27-36/h16-21,24-27,33-34,37-39,42H,5-15,22-23,28-32H2,1-4H3,(H2,47,54)(H,48,52)(H,49,56)(H,50,55)(H,51,53)(H,57,58)/t34-,37-,38-,39-,42-/m0/s1. The van der Waals surface area contributed by atoms with Crippen LogP contribution in [-0.2, 0) is 41.6 Å². The molecule has 7 N–H and O–H groups in total. The maximum Gasteiger partial charge on any atom is 0.326 e. The summed E-state index contributed by atoms with van der Waals surface area (Å²) in [5.74, 6) is -2.92. The maximum absolute atomic E-state index is 13.2. The van der Waals surface area contributed by atoms with Gasteiger partial charge in [0, 0.05) is 25.7 Å². The summed E-state index contributed by atoms with van der Waals surface area (Å²) >= 11 is 0. The Bertz CT molecular complexity index is 1520. The number of carbonyl (C=O) groups excluding carboxylic acids is 5. The number of carbonyl (C=O) groups is 6. The van der Waals surface area contributed by atoms with E-state index in [2.05, 4.69) is 21.3 Å². The predicted octanol–water partition coefficient (Wildman–Crippen LogP) is 6.53. The minimum Gasteiger partial charge on any atom is -0.480 e. The molecule has 0 saturated carbocycles. The van der Waals surface area contributed by atoms with Gasteiger partial charge in [-0.1, -0.05) is 159 Å². The Hall–Kier alpha value is -4.74. The molecule has 0 saturated heterocycles. The smallest absolute Gasteiger partial charge is 0.326 e. The molecule has 0 radical (unpaired) electrons. The predicted molar refractivity (Wildman–Crippen MR) is 228 cm³/mol. The number of nitrogens with one attached hydrogen (secondary N) is 4. The second-order valence-electron chi connectivity index (χ2n) is 16.2. The Morgan fingerprint density at radius 2 is 0.966 bits per heavy atom. The molecule has 5 amide bonds. The van der Waals surface area contributed by atoms with Crippen LogP contribution in [-0.4, -0.2) is 64.8 Å². The van der Waals surface area contributed by atoms with Gasteiger partial charge in [0.05, 0.1) is 0 Å². The fourth-order valence-electron chi connectivity index (χ4n) is 6.91. The van der Waals surface area contributed by atoms with Crippen molar-refractivity contribution >= 4 is 35.5 Å². The van der Waals surface area contributed by atoms with Crippen molar-refractivity contribution in [3.05, 3.63) is 71.8 Å². The van der Waals surface area contributed by atoms with E-state index in [9.17, 15) is 33.9 Å². The van der Waals surface area contributed by atoms with Crippen LogP contribution in [0.2, 0.25) is 0 Å². The number of hydrogen-bond donors (Lipinski definition) is 6. The summed E-state index contributed by atoms with van der Waals surface area (Å²) in [4.78, 5) is 75.7. The number of aliphatic carboxylic acids is 1. The summed E-state index contributed by atoms with van der Waals surface area (Å²) in [7, 11) is 0. The third-order valence-corrected chi connectivity index (χ3v) is 10.6. The van der Waals surface area contributed by atoms with Gasteiger partial charge in [-0.15, -0.1) is 0 Å². The molecular weight excluding hydrogens is 735 g/mol. The molecule has 0 aliphatic rings. The number of primary amides is 1. The van der Waals surface area contributed by atoms with E-state index in [-0.39, 0.29) is 36.5 Å². The Kier molecular flexibility index (Phi) is 24.4. The molecule has 0 heterocycles. The molecule has 2 aromatic rings.